The van der Waals surface area contributed by atoms with Gasteiger partial charge in [-0.05, 0) is 23.6 Å². The first-order chi connectivity index (χ1) is 18.4. The molecule has 0 N–H and O–H groups in total. The number of benzene rings is 3. The van der Waals surface area contributed by atoms with Crippen LogP contribution in [-0.4, -0.2) is 48.3 Å². The fourth-order valence-electron chi connectivity index (χ4n) is 3.97. The third-order valence-electron chi connectivity index (χ3n) is 5.98. The van der Waals surface area contributed by atoms with E-state index in [0.717, 1.165) is 16.7 Å². The van der Waals surface area contributed by atoms with Crippen LogP contribution in [0.2, 0.25) is 0 Å². The number of esters is 4. The summed E-state index contributed by atoms with van der Waals surface area (Å²) >= 11 is 0. The largest absolute Gasteiger partial charge is 0.448 e. The average molecular weight is 517 g/mol. The van der Waals surface area contributed by atoms with Crippen LogP contribution >= 0.6 is 0 Å². The number of hydrogen-bond acceptors (Lipinski definition) is 8. The lowest BCUT2D eigenvalue weighted by molar-refractivity contribution is -0.194. The molecule has 3 aromatic rings. The van der Waals surface area contributed by atoms with Gasteiger partial charge in [-0.3, -0.25) is 0 Å². The van der Waals surface area contributed by atoms with Crippen LogP contribution in [0.3, 0.4) is 0 Å². The van der Waals surface area contributed by atoms with E-state index in [1.807, 2.05) is 91.0 Å². The van der Waals surface area contributed by atoms with Crippen molar-refractivity contribution in [2.24, 2.45) is 0 Å². The number of rotatable bonds is 6. The second kappa shape index (κ2) is 12.7. The summed E-state index contributed by atoms with van der Waals surface area (Å²) in [5.41, 5.74) is 2.80. The Kier molecular flexibility index (Phi) is 8.87. The topological polar surface area (TPSA) is 105 Å². The van der Waals surface area contributed by atoms with Crippen molar-refractivity contribution in [1.82, 2.24) is 0 Å². The smallest absolute Gasteiger partial charge is 0.348 e. The third kappa shape index (κ3) is 7.29. The Bertz CT molecular complexity index is 1180. The van der Waals surface area contributed by atoms with Crippen LogP contribution in [0.15, 0.2) is 91.0 Å². The molecule has 2 aliphatic rings. The van der Waals surface area contributed by atoms with E-state index in [0.29, 0.717) is 19.3 Å². The highest BCUT2D eigenvalue weighted by atomic mass is 16.7. The molecule has 196 valence electrons. The molecule has 4 unspecified atom stereocenters. The van der Waals surface area contributed by atoms with Crippen molar-refractivity contribution in [3.8, 4) is 0 Å². The molecule has 5 rings (SSSR count). The van der Waals surface area contributed by atoms with Crippen LogP contribution in [0.1, 0.15) is 23.6 Å². The van der Waals surface area contributed by atoms with Crippen LogP contribution in [0.25, 0.3) is 0 Å². The molecule has 2 fully saturated rings. The van der Waals surface area contributed by atoms with E-state index in [1.54, 1.807) is 0 Å². The third-order valence-corrected chi connectivity index (χ3v) is 5.98. The second-order valence-corrected chi connectivity index (χ2v) is 8.92. The molecule has 2 aliphatic heterocycles. The zero-order chi connectivity index (χ0) is 26.9. The molecular formula is C30H28O8. The summed E-state index contributed by atoms with van der Waals surface area (Å²) in [5, 5.41) is 0. The monoisotopic (exact) mass is 516 g/mol. The van der Waals surface area contributed by atoms with E-state index in [9.17, 15) is 19.2 Å². The van der Waals surface area contributed by atoms with Crippen LogP contribution in [0.4, 0.5) is 0 Å². The fraction of sp³-hybridized carbons (Fsp3) is 0.267. The Hall–Kier alpha value is -4.46. The van der Waals surface area contributed by atoms with E-state index < -0.39 is 48.3 Å². The highest BCUT2D eigenvalue weighted by Crippen LogP contribution is 2.18. The Morgan fingerprint density at radius 3 is 1.08 bits per heavy atom. The minimum absolute atomic E-state index is 0.337. The van der Waals surface area contributed by atoms with E-state index in [1.165, 1.54) is 6.92 Å². The van der Waals surface area contributed by atoms with Crippen molar-refractivity contribution in [3.05, 3.63) is 108 Å². The van der Waals surface area contributed by atoms with Gasteiger partial charge in [0.05, 0.1) is 0 Å². The summed E-state index contributed by atoms with van der Waals surface area (Å²) in [6.07, 6.45) is -2.29. The minimum Gasteiger partial charge on any atom is -0.448 e. The van der Waals surface area contributed by atoms with E-state index >= 15 is 0 Å². The van der Waals surface area contributed by atoms with E-state index in [4.69, 9.17) is 18.9 Å². The normalized spacial score (nSPS) is 22.7. The molecule has 4 atom stereocenters. The highest BCUT2D eigenvalue weighted by molar-refractivity contribution is 5.88. The minimum atomic E-state index is -0.859. The summed E-state index contributed by atoms with van der Waals surface area (Å²) in [6.45, 7) is 1.50. The fourth-order valence-corrected chi connectivity index (χ4v) is 3.97. The maximum Gasteiger partial charge on any atom is 0.348 e. The quantitative estimate of drug-likeness (QED) is 0.363. The number of ether oxygens (including phenoxy) is 4. The van der Waals surface area contributed by atoms with Crippen LogP contribution in [0, 0.1) is 0 Å². The molecule has 8 heteroatoms. The van der Waals surface area contributed by atoms with Crippen molar-refractivity contribution in [1.29, 1.82) is 0 Å². The number of carbonyl (C=O) groups excluding carboxylic acids is 4. The van der Waals surface area contributed by atoms with Crippen molar-refractivity contribution in [3.63, 3.8) is 0 Å². The van der Waals surface area contributed by atoms with Gasteiger partial charge in [-0.15, -0.1) is 0 Å². The van der Waals surface area contributed by atoms with Gasteiger partial charge in [-0.1, -0.05) is 91.0 Å². The lowest BCUT2D eigenvalue weighted by atomic mass is 10.0. The van der Waals surface area contributed by atoms with Crippen molar-refractivity contribution < 1.29 is 38.1 Å². The van der Waals surface area contributed by atoms with Gasteiger partial charge in [0.1, 0.15) is 0 Å². The molecule has 8 nitrogen and oxygen atoms in total. The molecule has 3 aromatic carbocycles. The number of carbonyl (C=O) groups is 4. The highest BCUT2D eigenvalue weighted by Gasteiger charge is 2.38. The van der Waals surface area contributed by atoms with Gasteiger partial charge in [0.25, 0.3) is 0 Å². The zero-order valence-electron chi connectivity index (χ0n) is 20.9. The van der Waals surface area contributed by atoms with Crippen LogP contribution in [0.5, 0.6) is 0 Å². The Balaban J connectivity index is 0.000000186. The molecule has 0 spiro atoms. The lowest BCUT2D eigenvalue weighted by Crippen LogP contribution is -2.45. The lowest BCUT2D eigenvalue weighted by Gasteiger charge is -2.27. The first-order valence-electron chi connectivity index (χ1n) is 12.3. The Morgan fingerprint density at radius 2 is 0.737 bits per heavy atom. The summed E-state index contributed by atoms with van der Waals surface area (Å²) in [5.74, 6) is -1.93. The molecule has 2 saturated heterocycles. The molecule has 0 aliphatic carbocycles. The predicted octanol–water partition coefficient (Wildman–Crippen LogP) is 3.40. The summed E-state index contributed by atoms with van der Waals surface area (Å²) in [6, 6.07) is 28.2. The molecule has 0 saturated carbocycles. The van der Waals surface area contributed by atoms with Gasteiger partial charge in [0.15, 0.2) is 6.10 Å². The van der Waals surface area contributed by atoms with Gasteiger partial charge in [-0.2, -0.15) is 0 Å². The summed E-state index contributed by atoms with van der Waals surface area (Å²) in [4.78, 5) is 46.8. The van der Waals surface area contributed by atoms with Gasteiger partial charge >= 0.3 is 23.9 Å². The van der Waals surface area contributed by atoms with Crippen molar-refractivity contribution in [2.75, 3.05) is 0 Å². The SMILES string of the molecule is CC1OC(=O)C(Cc2ccccc2)OC1=O.O=C1OC(Cc2ccccc2)C(=O)OC1Cc1ccccc1. The molecule has 0 aromatic heterocycles. The second-order valence-electron chi connectivity index (χ2n) is 8.92. The van der Waals surface area contributed by atoms with Gasteiger partial charge in [0, 0.05) is 19.3 Å². The molecule has 0 bridgehead atoms. The maximum absolute atomic E-state index is 12.0. The zero-order valence-corrected chi connectivity index (χ0v) is 20.9. The molecule has 38 heavy (non-hydrogen) atoms. The molecule has 0 amide bonds. The first-order valence-corrected chi connectivity index (χ1v) is 12.3. The van der Waals surface area contributed by atoms with E-state index in [2.05, 4.69) is 0 Å². The van der Waals surface area contributed by atoms with Crippen molar-refractivity contribution in [2.45, 2.75) is 50.6 Å². The van der Waals surface area contributed by atoms with Crippen LogP contribution in [-0.2, 0) is 57.4 Å². The predicted molar refractivity (Wildman–Crippen MR) is 136 cm³/mol. The maximum atomic E-state index is 12.0. The average Bonchev–Trinajstić information content (AvgIpc) is 2.92. The summed E-state index contributed by atoms with van der Waals surface area (Å²) < 4.78 is 20.4. The van der Waals surface area contributed by atoms with Crippen molar-refractivity contribution >= 4 is 23.9 Å². The van der Waals surface area contributed by atoms with Gasteiger partial charge in [-0.25, -0.2) is 19.2 Å². The van der Waals surface area contributed by atoms with Gasteiger partial charge in [0.2, 0.25) is 18.3 Å². The Morgan fingerprint density at radius 1 is 0.447 bits per heavy atom. The number of hydrogen-bond donors (Lipinski definition) is 0. The summed E-state index contributed by atoms with van der Waals surface area (Å²) in [7, 11) is 0. The van der Waals surface area contributed by atoms with Crippen LogP contribution < -0.4 is 0 Å². The van der Waals surface area contributed by atoms with E-state index in [-0.39, 0.29) is 0 Å². The molecule has 2 heterocycles. The number of cyclic esters (lactones) is 4. The molecular weight excluding hydrogens is 488 g/mol. The molecule has 0 radical (unpaired) electrons. The first kappa shape index (κ1) is 26.6. The van der Waals surface area contributed by atoms with Gasteiger partial charge < -0.3 is 18.9 Å². The Labute approximate surface area is 220 Å². The standard InChI is InChI=1S/C18H16O4.C12H12O4/c19-17-15(11-13-7-3-1-4-8-13)21-18(20)16(22-17)12-14-9-5-2-6-10-14;1-8-11(13)16-10(12(14)15-8)7-9-5-3-2-4-6-9/h1-10,15-16H,11-12H2;2-6,8,10H,7H2,1H3.